The average molecular weight is 298 g/mol. The van der Waals surface area contributed by atoms with Crippen LogP contribution in [0.5, 0.6) is 11.5 Å². The summed E-state index contributed by atoms with van der Waals surface area (Å²) in [6.45, 7) is -0.304. The van der Waals surface area contributed by atoms with Crippen molar-refractivity contribution in [2.24, 2.45) is 0 Å². The molecule has 104 valence electrons. The molecule has 0 radical (unpaired) electrons. The van der Waals surface area contributed by atoms with E-state index in [0.29, 0.717) is 10.6 Å². The summed E-state index contributed by atoms with van der Waals surface area (Å²) in [6.07, 6.45) is 0. The molecule has 0 atom stereocenters. The van der Waals surface area contributed by atoms with E-state index in [0.717, 1.165) is 18.2 Å². The van der Waals surface area contributed by atoms with Crippen molar-refractivity contribution in [3.63, 3.8) is 0 Å². The first-order valence-corrected chi connectivity index (χ1v) is 5.90. The molecule has 0 unspecified atom stereocenters. The lowest BCUT2D eigenvalue weighted by molar-refractivity contribution is -0.385. The van der Waals surface area contributed by atoms with Gasteiger partial charge in [0.05, 0.1) is 17.6 Å². The van der Waals surface area contributed by atoms with Gasteiger partial charge in [-0.15, -0.1) is 0 Å². The van der Waals surface area contributed by atoms with E-state index >= 15 is 0 Å². The molecule has 2 aromatic rings. The van der Waals surface area contributed by atoms with Gasteiger partial charge in [-0.2, -0.15) is 0 Å². The van der Waals surface area contributed by atoms with Gasteiger partial charge in [0, 0.05) is 16.7 Å². The average Bonchev–Trinajstić information content (AvgIpc) is 2.41. The van der Waals surface area contributed by atoms with Crippen LogP contribution in [0.25, 0.3) is 0 Å². The summed E-state index contributed by atoms with van der Waals surface area (Å²) in [5.74, 6) is -0.872. The Labute approximate surface area is 118 Å². The Morgan fingerprint density at radius 1 is 1.25 bits per heavy atom. The highest BCUT2D eigenvalue weighted by Gasteiger charge is 2.13. The topological polar surface area (TPSA) is 72.6 Å². The zero-order valence-corrected chi connectivity index (χ0v) is 10.8. The third-order valence-corrected chi connectivity index (χ3v) is 2.78. The SMILES string of the molecule is O=[N+]([O-])c1ccc(Oc2cc(Cl)ccc2CO)c(F)c1. The Morgan fingerprint density at radius 2 is 2.00 bits per heavy atom. The van der Waals surface area contributed by atoms with Crippen LogP contribution in [-0.4, -0.2) is 10.0 Å². The smallest absolute Gasteiger partial charge is 0.272 e. The van der Waals surface area contributed by atoms with Crippen LogP contribution in [0.15, 0.2) is 36.4 Å². The van der Waals surface area contributed by atoms with Crippen LogP contribution in [0.1, 0.15) is 5.56 Å². The summed E-state index contributed by atoms with van der Waals surface area (Å²) in [5, 5.41) is 20.0. The number of aliphatic hydroxyl groups is 1. The number of rotatable bonds is 4. The van der Waals surface area contributed by atoms with Gasteiger partial charge in [0.2, 0.25) is 0 Å². The van der Waals surface area contributed by atoms with Crippen molar-refractivity contribution in [1.29, 1.82) is 0 Å². The van der Waals surface area contributed by atoms with E-state index in [1.807, 2.05) is 0 Å². The number of nitro groups is 1. The van der Waals surface area contributed by atoms with Crippen molar-refractivity contribution < 1.29 is 19.2 Å². The Hall–Kier alpha value is -2.18. The summed E-state index contributed by atoms with van der Waals surface area (Å²) in [6, 6.07) is 7.57. The first-order chi connectivity index (χ1) is 9.51. The Balaban J connectivity index is 2.35. The van der Waals surface area contributed by atoms with Crippen molar-refractivity contribution in [1.82, 2.24) is 0 Å². The molecule has 0 spiro atoms. The lowest BCUT2D eigenvalue weighted by atomic mass is 10.2. The maximum Gasteiger partial charge on any atom is 0.272 e. The van der Waals surface area contributed by atoms with E-state index in [2.05, 4.69) is 0 Å². The van der Waals surface area contributed by atoms with Crippen molar-refractivity contribution in [2.45, 2.75) is 6.61 Å². The number of nitro benzene ring substituents is 1. The van der Waals surface area contributed by atoms with E-state index in [-0.39, 0.29) is 23.8 Å². The molecule has 2 rings (SSSR count). The first kappa shape index (κ1) is 14.2. The van der Waals surface area contributed by atoms with Gasteiger partial charge >= 0.3 is 0 Å². The fraction of sp³-hybridized carbons (Fsp3) is 0.0769. The van der Waals surface area contributed by atoms with Gasteiger partial charge in [0.25, 0.3) is 5.69 Å². The summed E-state index contributed by atoms with van der Waals surface area (Å²) in [4.78, 5) is 9.81. The second-order valence-electron chi connectivity index (χ2n) is 3.88. The molecule has 0 aliphatic rings. The van der Waals surface area contributed by atoms with Crippen molar-refractivity contribution in [3.8, 4) is 11.5 Å². The van der Waals surface area contributed by atoms with Crippen LogP contribution < -0.4 is 4.74 Å². The second-order valence-corrected chi connectivity index (χ2v) is 4.32. The maximum absolute atomic E-state index is 13.7. The number of non-ortho nitro benzene ring substituents is 1. The predicted octanol–water partition coefficient (Wildman–Crippen LogP) is 3.67. The zero-order chi connectivity index (χ0) is 14.7. The molecular weight excluding hydrogens is 289 g/mol. The van der Waals surface area contributed by atoms with Gasteiger partial charge < -0.3 is 9.84 Å². The minimum Gasteiger partial charge on any atom is -0.454 e. The van der Waals surface area contributed by atoms with Crippen molar-refractivity contribution >= 4 is 17.3 Å². The van der Waals surface area contributed by atoms with E-state index in [9.17, 15) is 14.5 Å². The Kier molecular flexibility index (Phi) is 4.16. The number of ether oxygens (including phenoxy) is 1. The van der Waals surface area contributed by atoms with E-state index in [1.54, 1.807) is 12.1 Å². The normalized spacial score (nSPS) is 10.3. The molecule has 0 saturated carbocycles. The molecule has 1 N–H and O–H groups in total. The van der Waals surface area contributed by atoms with Crippen molar-refractivity contribution in [3.05, 3.63) is 62.9 Å². The molecule has 20 heavy (non-hydrogen) atoms. The molecule has 0 aliphatic heterocycles. The Morgan fingerprint density at radius 3 is 2.60 bits per heavy atom. The minimum absolute atomic E-state index is 0.187. The van der Waals surface area contributed by atoms with E-state index < -0.39 is 10.7 Å². The molecule has 0 amide bonds. The maximum atomic E-state index is 13.7. The summed E-state index contributed by atoms with van der Waals surface area (Å²) < 4.78 is 19.0. The van der Waals surface area contributed by atoms with Crippen LogP contribution in [0.3, 0.4) is 0 Å². The third-order valence-electron chi connectivity index (χ3n) is 2.55. The first-order valence-electron chi connectivity index (χ1n) is 5.52. The fourth-order valence-electron chi connectivity index (χ4n) is 1.56. The molecule has 7 heteroatoms. The largest absolute Gasteiger partial charge is 0.454 e. The number of nitrogens with zero attached hydrogens (tertiary/aromatic N) is 1. The standard InChI is InChI=1S/C13H9ClFNO4/c14-9-2-1-8(7-17)13(5-9)20-12-4-3-10(16(18)19)6-11(12)15/h1-6,17H,7H2. The predicted molar refractivity (Wildman–Crippen MR) is 70.5 cm³/mol. The van der Waals surface area contributed by atoms with Gasteiger partial charge in [-0.3, -0.25) is 10.1 Å². The number of hydrogen-bond donors (Lipinski definition) is 1. The van der Waals surface area contributed by atoms with Gasteiger partial charge in [-0.25, -0.2) is 4.39 Å². The van der Waals surface area contributed by atoms with Crippen molar-refractivity contribution in [2.75, 3.05) is 0 Å². The molecule has 0 bridgehead atoms. The highest BCUT2D eigenvalue weighted by molar-refractivity contribution is 6.30. The minimum atomic E-state index is -0.872. The molecule has 2 aromatic carbocycles. The van der Waals surface area contributed by atoms with Gasteiger partial charge in [-0.05, 0) is 18.2 Å². The number of benzene rings is 2. The van der Waals surface area contributed by atoms with Crippen LogP contribution >= 0.6 is 11.6 Å². The van der Waals surface area contributed by atoms with Gasteiger partial charge in [-0.1, -0.05) is 17.7 Å². The quantitative estimate of drug-likeness (QED) is 0.690. The van der Waals surface area contributed by atoms with E-state index in [1.165, 1.54) is 6.07 Å². The molecule has 0 fully saturated rings. The number of halogens is 2. The van der Waals surface area contributed by atoms with Crippen LogP contribution in [-0.2, 0) is 6.61 Å². The molecule has 0 aromatic heterocycles. The summed E-state index contributed by atoms with van der Waals surface area (Å²) >= 11 is 5.80. The Bertz CT molecular complexity index is 663. The lowest BCUT2D eigenvalue weighted by Gasteiger charge is -2.10. The third kappa shape index (κ3) is 3.04. The number of aliphatic hydroxyl groups excluding tert-OH is 1. The molecule has 0 saturated heterocycles. The molecule has 0 heterocycles. The highest BCUT2D eigenvalue weighted by atomic mass is 35.5. The van der Waals surface area contributed by atoms with Gasteiger partial charge in [0.1, 0.15) is 5.75 Å². The van der Waals surface area contributed by atoms with Crippen LogP contribution in [0, 0.1) is 15.9 Å². The molecule has 0 aliphatic carbocycles. The second kappa shape index (κ2) is 5.85. The lowest BCUT2D eigenvalue weighted by Crippen LogP contribution is -1.95. The van der Waals surface area contributed by atoms with Crippen LogP contribution in [0.4, 0.5) is 10.1 Å². The number of hydrogen-bond acceptors (Lipinski definition) is 4. The fourth-order valence-corrected chi connectivity index (χ4v) is 1.72. The van der Waals surface area contributed by atoms with Crippen LogP contribution in [0.2, 0.25) is 5.02 Å². The van der Waals surface area contributed by atoms with Gasteiger partial charge in [0.15, 0.2) is 11.6 Å². The molecular formula is C13H9ClFNO4. The zero-order valence-electron chi connectivity index (χ0n) is 10.0. The summed E-state index contributed by atoms with van der Waals surface area (Å²) in [5.41, 5.74) is 0.0514. The summed E-state index contributed by atoms with van der Waals surface area (Å²) in [7, 11) is 0. The monoisotopic (exact) mass is 297 g/mol. The van der Waals surface area contributed by atoms with E-state index in [4.69, 9.17) is 21.4 Å². The molecule has 5 nitrogen and oxygen atoms in total. The highest BCUT2D eigenvalue weighted by Crippen LogP contribution is 2.31.